The molecule has 1 fully saturated rings. The molecule has 2 atom stereocenters. The molecule has 6 nitrogen and oxygen atoms in total. The summed E-state index contributed by atoms with van der Waals surface area (Å²) in [6, 6.07) is 17.4. The molecule has 0 radical (unpaired) electrons. The maximum atomic E-state index is 13.2. The minimum atomic E-state index is -0.777. The minimum Gasteiger partial charge on any atom is -0.348 e. The molecule has 0 aliphatic carbocycles. The Morgan fingerprint density at radius 1 is 1.03 bits per heavy atom. The van der Waals surface area contributed by atoms with Crippen LogP contribution in [-0.2, 0) is 9.59 Å². The number of rotatable bonds is 5. The number of hydrogen-bond donors (Lipinski definition) is 1. The molecule has 0 unspecified atom stereocenters. The third kappa shape index (κ3) is 3.86. The summed E-state index contributed by atoms with van der Waals surface area (Å²) in [7, 11) is 0. The summed E-state index contributed by atoms with van der Waals surface area (Å²) in [5.41, 5.74) is 1.35. The second kappa shape index (κ2) is 8.18. The highest BCUT2D eigenvalue weighted by atomic mass is 19.1. The molecule has 3 aromatic rings. The maximum Gasteiger partial charge on any atom is 0.332 e. The van der Waals surface area contributed by atoms with E-state index in [0.717, 1.165) is 21.2 Å². The van der Waals surface area contributed by atoms with E-state index >= 15 is 0 Å². The van der Waals surface area contributed by atoms with Crippen molar-refractivity contribution in [1.29, 1.82) is 0 Å². The van der Waals surface area contributed by atoms with E-state index in [1.54, 1.807) is 6.92 Å². The van der Waals surface area contributed by atoms with Crippen LogP contribution < -0.4 is 10.2 Å². The Hall–Kier alpha value is -3.74. The third-order valence-corrected chi connectivity index (χ3v) is 5.52. The first kappa shape index (κ1) is 20.5. The molecule has 0 saturated carbocycles. The number of nitrogens with zero attached hydrogens (tertiary/aromatic N) is 2. The number of fused-ring (bicyclic) bond motifs is 1. The van der Waals surface area contributed by atoms with Gasteiger partial charge in [-0.15, -0.1) is 0 Å². The summed E-state index contributed by atoms with van der Waals surface area (Å²) < 4.78 is 13.2. The fourth-order valence-electron chi connectivity index (χ4n) is 3.94. The Morgan fingerprint density at radius 2 is 1.71 bits per heavy atom. The molecule has 31 heavy (non-hydrogen) atoms. The smallest absolute Gasteiger partial charge is 0.332 e. The van der Waals surface area contributed by atoms with E-state index in [-0.39, 0.29) is 12.6 Å². The lowest BCUT2D eigenvalue weighted by atomic mass is 10.00. The lowest BCUT2D eigenvalue weighted by molar-refractivity contribution is -0.132. The molecule has 158 valence electrons. The van der Waals surface area contributed by atoms with Crippen molar-refractivity contribution in [1.82, 2.24) is 10.2 Å². The average Bonchev–Trinajstić information content (AvgIpc) is 2.97. The number of nitrogens with one attached hydrogen (secondary N) is 1. The van der Waals surface area contributed by atoms with E-state index in [1.165, 1.54) is 29.2 Å². The van der Waals surface area contributed by atoms with Gasteiger partial charge in [-0.1, -0.05) is 42.5 Å². The maximum absolute atomic E-state index is 13.2. The van der Waals surface area contributed by atoms with E-state index in [0.29, 0.717) is 5.69 Å². The number of amides is 4. The topological polar surface area (TPSA) is 69.7 Å². The van der Waals surface area contributed by atoms with Crippen LogP contribution in [0.4, 0.5) is 14.9 Å². The van der Waals surface area contributed by atoms with Gasteiger partial charge in [0.05, 0.1) is 6.04 Å². The number of benzene rings is 3. The number of anilines is 1. The van der Waals surface area contributed by atoms with Gasteiger partial charge in [0.1, 0.15) is 18.4 Å². The molecular weight excluding hydrogens is 397 g/mol. The lowest BCUT2D eigenvalue weighted by Crippen LogP contribution is -2.42. The van der Waals surface area contributed by atoms with Gasteiger partial charge in [-0.25, -0.2) is 9.18 Å². The van der Waals surface area contributed by atoms with Crippen LogP contribution in [0.3, 0.4) is 0 Å². The lowest BCUT2D eigenvalue weighted by Gasteiger charge is -2.20. The fourth-order valence-corrected chi connectivity index (χ4v) is 3.94. The average molecular weight is 419 g/mol. The molecule has 4 rings (SSSR count). The predicted octanol–water partition coefficient (Wildman–Crippen LogP) is 4.01. The first-order valence-corrected chi connectivity index (χ1v) is 10.0. The van der Waals surface area contributed by atoms with Crippen LogP contribution in [-0.4, -0.2) is 35.3 Å². The van der Waals surface area contributed by atoms with Crippen molar-refractivity contribution in [3.63, 3.8) is 0 Å². The number of imide groups is 1. The van der Waals surface area contributed by atoms with Crippen LogP contribution in [0.5, 0.6) is 0 Å². The van der Waals surface area contributed by atoms with Crippen molar-refractivity contribution in [3.8, 4) is 0 Å². The highest BCUT2D eigenvalue weighted by molar-refractivity contribution is 6.15. The second-order valence-electron chi connectivity index (χ2n) is 7.59. The van der Waals surface area contributed by atoms with Gasteiger partial charge in [-0.3, -0.25) is 19.4 Å². The Morgan fingerprint density at radius 3 is 2.45 bits per heavy atom. The van der Waals surface area contributed by atoms with Gasteiger partial charge in [0.15, 0.2) is 0 Å². The van der Waals surface area contributed by atoms with Gasteiger partial charge in [0, 0.05) is 5.69 Å². The van der Waals surface area contributed by atoms with Crippen LogP contribution in [0.15, 0.2) is 66.7 Å². The van der Waals surface area contributed by atoms with E-state index in [2.05, 4.69) is 5.32 Å². The Kier molecular flexibility index (Phi) is 5.42. The molecule has 0 aromatic heterocycles. The minimum absolute atomic E-state index is 0.308. The summed E-state index contributed by atoms with van der Waals surface area (Å²) in [4.78, 5) is 40.4. The molecule has 1 aliphatic heterocycles. The SMILES string of the molecule is C[C@H](NC(=O)CN1C(=O)[C@@H](C)N(c2ccc(F)cc2)C1=O)c1cccc2ccccc12. The summed E-state index contributed by atoms with van der Waals surface area (Å²) in [5, 5.41) is 4.97. The molecule has 1 aliphatic rings. The molecule has 1 heterocycles. The van der Waals surface area contributed by atoms with Crippen molar-refractivity contribution in [2.24, 2.45) is 0 Å². The Bertz CT molecular complexity index is 1160. The van der Waals surface area contributed by atoms with Crippen LogP contribution in [0.2, 0.25) is 0 Å². The van der Waals surface area contributed by atoms with Gasteiger partial charge in [-0.05, 0) is 54.4 Å². The summed E-state index contributed by atoms with van der Waals surface area (Å²) in [5.74, 6) is -1.34. The monoisotopic (exact) mass is 419 g/mol. The van der Waals surface area contributed by atoms with Crippen molar-refractivity contribution >= 4 is 34.3 Å². The van der Waals surface area contributed by atoms with Crippen LogP contribution in [0.1, 0.15) is 25.5 Å². The highest BCUT2D eigenvalue weighted by Gasteiger charge is 2.44. The van der Waals surface area contributed by atoms with E-state index in [1.807, 2.05) is 49.4 Å². The quantitative estimate of drug-likeness (QED) is 0.635. The summed E-state index contributed by atoms with van der Waals surface area (Å²) in [6.45, 7) is 3.07. The summed E-state index contributed by atoms with van der Waals surface area (Å²) in [6.07, 6.45) is 0. The van der Waals surface area contributed by atoms with Gasteiger partial charge in [-0.2, -0.15) is 0 Å². The number of urea groups is 1. The van der Waals surface area contributed by atoms with E-state index in [4.69, 9.17) is 0 Å². The fraction of sp³-hybridized carbons (Fsp3) is 0.208. The van der Waals surface area contributed by atoms with E-state index < -0.39 is 29.7 Å². The molecule has 3 aromatic carbocycles. The molecule has 1 saturated heterocycles. The third-order valence-electron chi connectivity index (χ3n) is 5.52. The number of hydrogen-bond acceptors (Lipinski definition) is 3. The Balaban J connectivity index is 1.48. The van der Waals surface area contributed by atoms with Crippen LogP contribution in [0, 0.1) is 5.82 Å². The van der Waals surface area contributed by atoms with Gasteiger partial charge < -0.3 is 5.32 Å². The number of carbonyl (C=O) groups is 3. The first-order valence-electron chi connectivity index (χ1n) is 10.0. The van der Waals surface area contributed by atoms with Gasteiger partial charge in [0.2, 0.25) is 5.91 Å². The second-order valence-corrected chi connectivity index (χ2v) is 7.59. The molecule has 4 amide bonds. The number of carbonyl (C=O) groups excluding carboxylic acids is 3. The zero-order valence-corrected chi connectivity index (χ0v) is 17.2. The van der Waals surface area contributed by atoms with Gasteiger partial charge >= 0.3 is 6.03 Å². The largest absolute Gasteiger partial charge is 0.348 e. The zero-order chi connectivity index (χ0) is 22.1. The van der Waals surface area contributed by atoms with Crippen molar-refractivity contribution < 1.29 is 18.8 Å². The molecule has 0 spiro atoms. The van der Waals surface area contributed by atoms with Crippen LogP contribution in [0.25, 0.3) is 10.8 Å². The van der Waals surface area contributed by atoms with E-state index in [9.17, 15) is 18.8 Å². The number of halogens is 1. The molecule has 0 bridgehead atoms. The molecule has 1 N–H and O–H groups in total. The molecule has 7 heteroatoms. The van der Waals surface area contributed by atoms with Crippen molar-refractivity contribution in [2.75, 3.05) is 11.4 Å². The predicted molar refractivity (Wildman–Crippen MR) is 116 cm³/mol. The standard InChI is InChI=1S/C24H22FN3O3/c1-15(20-9-5-7-17-6-3-4-8-21(17)20)26-22(29)14-27-23(30)16(2)28(24(27)31)19-12-10-18(25)11-13-19/h3-13,15-16H,14H2,1-2H3,(H,26,29)/t15-,16+/m0/s1. The van der Waals surface area contributed by atoms with Crippen LogP contribution >= 0.6 is 0 Å². The van der Waals surface area contributed by atoms with Crippen molar-refractivity contribution in [3.05, 3.63) is 78.1 Å². The Labute approximate surface area is 179 Å². The molecular formula is C24H22FN3O3. The normalized spacial score (nSPS) is 17.3. The summed E-state index contributed by atoms with van der Waals surface area (Å²) >= 11 is 0. The zero-order valence-electron chi connectivity index (χ0n) is 17.2. The van der Waals surface area contributed by atoms with Crippen molar-refractivity contribution in [2.45, 2.75) is 25.9 Å². The first-order chi connectivity index (χ1) is 14.9. The van der Waals surface area contributed by atoms with Gasteiger partial charge in [0.25, 0.3) is 5.91 Å². The highest BCUT2D eigenvalue weighted by Crippen LogP contribution is 2.27.